The number of aliphatic hydroxyl groups is 1. The fourth-order valence-electron chi connectivity index (χ4n) is 3.37. The molecule has 1 nitrogen and oxygen atoms in total. The van der Waals surface area contributed by atoms with E-state index in [1.807, 2.05) is 0 Å². The lowest BCUT2D eigenvalue weighted by molar-refractivity contribution is 0.113. The fourth-order valence-corrected chi connectivity index (χ4v) is 3.37. The third-order valence-corrected chi connectivity index (χ3v) is 4.73. The van der Waals surface area contributed by atoms with Gasteiger partial charge in [-0.05, 0) is 72.9 Å². The largest absolute Gasteiger partial charge is 0.388 e. The molecule has 2 aromatic rings. The van der Waals surface area contributed by atoms with Gasteiger partial charge in [-0.3, -0.25) is 0 Å². The predicted molar refractivity (Wildman–Crippen MR) is 83.0 cm³/mol. The molecule has 3 rings (SSSR count). The lowest BCUT2D eigenvalue weighted by Gasteiger charge is -2.21. The Balaban J connectivity index is 1.88. The van der Waals surface area contributed by atoms with Gasteiger partial charge in [0.05, 0.1) is 6.10 Å². The van der Waals surface area contributed by atoms with Crippen LogP contribution in [0, 0.1) is 26.7 Å². The van der Waals surface area contributed by atoms with E-state index in [9.17, 15) is 5.11 Å². The highest BCUT2D eigenvalue weighted by Gasteiger charge is 2.29. The Morgan fingerprint density at radius 3 is 2.05 bits per heavy atom. The molecule has 1 unspecified atom stereocenters. The number of aliphatic hydroxyl groups excluding tert-OH is 1. The molecule has 0 aromatic heterocycles. The number of hydrogen-bond acceptors (Lipinski definition) is 1. The first-order chi connectivity index (χ1) is 9.56. The Hall–Kier alpha value is -1.60. The van der Waals surface area contributed by atoms with Crippen molar-refractivity contribution >= 4 is 0 Å². The van der Waals surface area contributed by atoms with Crippen molar-refractivity contribution in [1.29, 1.82) is 0 Å². The maximum atomic E-state index is 10.8. The monoisotopic (exact) mass is 266 g/mol. The SMILES string of the molecule is Cc1cc(C)c(C(O)C2Cc3ccccc3C2)cc1C. The average molecular weight is 266 g/mol. The lowest BCUT2D eigenvalue weighted by atomic mass is 9.88. The van der Waals surface area contributed by atoms with E-state index in [0.717, 1.165) is 18.4 Å². The van der Waals surface area contributed by atoms with E-state index in [4.69, 9.17) is 0 Å². The van der Waals surface area contributed by atoms with Crippen LogP contribution >= 0.6 is 0 Å². The summed E-state index contributed by atoms with van der Waals surface area (Å²) in [6.07, 6.45) is 1.62. The van der Waals surface area contributed by atoms with E-state index in [1.165, 1.54) is 27.8 Å². The van der Waals surface area contributed by atoms with E-state index in [2.05, 4.69) is 57.2 Å². The molecule has 0 bridgehead atoms. The van der Waals surface area contributed by atoms with Crippen molar-refractivity contribution in [3.8, 4) is 0 Å². The molecule has 0 heterocycles. The molecule has 1 atom stereocenters. The molecular weight excluding hydrogens is 244 g/mol. The molecule has 0 spiro atoms. The summed E-state index contributed by atoms with van der Waals surface area (Å²) in [4.78, 5) is 0. The van der Waals surface area contributed by atoms with Crippen molar-refractivity contribution in [2.75, 3.05) is 0 Å². The Bertz CT molecular complexity index is 617. The second kappa shape index (κ2) is 5.06. The molecule has 2 aromatic carbocycles. The standard InChI is InChI=1S/C19H22O/c1-12-8-14(3)18(9-13(12)2)19(20)17-10-15-6-4-5-7-16(15)11-17/h4-9,17,19-20H,10-11H2,1-3H3. The lowest BCUT2D eigenvalue weighted by Crippen LogP contribution is -2.14. The second-order valence-electron chi connectivity index (χ2n) is 6.17. The summed E-state index contributed by atoms with van der Waals surface area (Å²) < 4.78 is 0. The second-order valence-corrected chi connectivity index (χ2v) is 6.17. The van der Waals surface area contributed by atoms with Gasteiger partial charge in [-0.1, -0.05) is 36.4 Å². The Morgan fingerprint density at radius 2 is 1.45 bits per heavy atom. The molecule has 0 saturated carbocycles. The van der Waals surface area contributed by atoms with Crippen LogP contribution in [0.5, 0.6) is 0 Å². The third-order valence-electron chi connectivity index (χ3n) is 4.73. The van der Waals surface area contributed by atoms with Crippen molar-refractivity contribution < 1.29 is 5.11 Å². The van der Waals surface area contributed by atoms with Gasteiger partial charge in [-0.25, -0.2) is 0 Å². The quantitative estimate of drug-likeness (QED) is 0.869. The molecule has 0 amide bonds. The summed E-state index contributed by atoms with van der Waals surface area (Å²) in [6, 6.07) is 12.9. The average Bonchev–Trinajstić information content (AvgIpc) is 2.86. The highest BCUT2D eigenvalue weighted by Crippen LogP contribution is 2.36. The Morgan fingerprint density at radius 1 is 0.900 bits per heavy atom. The molecule has 1 aliphatic carbocycles. The van der Waals surface area contributed by atoms with Crippen LogP contribution in [-0.4, -0.2) is 5.11 Å². The minimum absolute atomic E-state index is 0.313. The van der Waals surface area contributed by atoms with Gasteiger partial charge in [0, 0.05) is 0 Å². The van der Waals surface area contributed by atoms with Crippen LogP contribution in [0.2, 0.25) is 0 Å². The van der Waals surface area contributed by atoms with Gasteiger partial charge in [0.25, 0.3) is 0 Å². The zero-order valence-electron chi connectivity index (χ0n) is 12.5. The summed E-state index contributed by atoms with van der Waals surface area (Å²) in [5.41, 5.74) is 7.67. The molecule has 1 heteroatoms. The van der Waals surface area contributed by atoms with Gasteiger partial charge in [0.1, 0.15) is 0 Å². The number of rotatable bonds is 2. The Kier molecular flexibility index (Phi) is 3.39. The normalized spacial score (nSPS) is 16.2. The summed E-state index contributed by atoms with van der Waals surface area (Å²) in [5, 5.41) is 10.8. The highest BCUT2D eigenvalue weighted by molar-refractivity contribution is 5.39. The summed E-state index contributed by atoms with van der Waals surface area (Å²) in [5.74, 6) is 0.313. The van der Waals surface area contributed by atoms with E-state index in [0.29, 0.717) is 5.92 Å². The van der Waals surface area contributed by atoms with Crippen LogP contribution < -0.4 is 0 Å². The van der Waals surface area contributed by atoms with Gasteiger partial charge in [-0.15, -0.1) is 0 Å². The van der Waals surface area contributed by atoms with Crippen LogP contribution in [0.25, 0.3) is 0 Å². The maximum Gasteiger partial charge on any atom is 0.0827 e. The van der Waals surface area contributed by atoms with Gasteiger partial charge < -0.3 is 5.11 Å². The van der Waals surface area contributed by atoms with Crippen LogP contribution in [0.4, 0.5) is 0 Å². The minimum atomic E-state index is -0.360. The molecule has 104 valence electrons. The minimum Gasteiger partial charge on any atom is -0.388 e. The molecular formula is C19H22O. The van der Waals surface area contributed by atoms with Crippen LogP contribution in [0.1, 0.15) is 39.5 Å². The van der Waals surface area contributed by atoms with Crippen molar-refractivity contribution in [2.45, 2.75) is 39.7 Å². The van der Waals surface area contributed by atoms with E-state index >= 15 is 0 Å². The highest BCUT2D eigenvalue weighted by atomic mass is 16.3. The first-order valence-electron chi connectivity index (χ1n) is 7.39. The van der Waals surface area contributed by atoms with Gasteiger partial charge in [0.2, 0.25) is 0 Å². The third kappa shape index (κ3) is 2.27. The first kappa shape index (κ1) is 13.4. The zero-order valence-corrected chi connectivity index (χ0v) is 12.5. The van der Waals surface area contributed by atoms with Crippen molar-refractivity contribution in [3.63, 3.8) is 0 Å². The molecule has 20 heavy (non-hydrogen) atoms. The summed E-state index contributed by atoms with van der Waals surface area (Å²) in [7, 11) is 0. The topological polar surface area (TPSA) is 20.2 Å². The zero-order chi connectivity index (χ0) is 14.3. The summed E-state index contributed by atoms with van der Waals surface area (Å²) in [6.45, 7) is 6.35. The molecule has 1 N–H and O–H groups in total. The van der Waals surface area contributed by atoms with Gasteiger partial charge in [0.15, 0.2) is 0 Å². The van der Waals surface area contributed by atoms with Crippen LogP contribution in [0.3, 0.4) is 0 Å². The number of aryl methyl sites for hydroxylation is 3. The summed E-state index contributed by atoms with van der Waals surface area (Å²) >= 11 is 0. The predicted octanol–water partition coefficient (Wildman–Crippen LogP) is 4.06. The molecule has 0 saturated heterocycles. The van der Waals surface area contributed by atoms with E-state index < -0.39 is 0 Å². The molecule has 1 aliphatic rings. The fraction of sp³-hybridized carbons (Fsp3) is 0.368. The van der Waals surface area contributed by atoms with Crippen LogP contribution in [0.15, 0.2) is 36.4 Å². The number of hydrogen-bond donors (Lipinski definition) is 1. The van der Waals surface area contributed by atoms with Crippen molar-refractivity contribution in [3.05, 3.63) is 69.8 Å². The van der Waals surface area contributed by atoms with Gasteiger partial charge >= 0.3 is 0 Å². The number of benzene rings is 2. The van der Waals surface area contributed by atoms with E-state index in [-0.39, 0.29) is 6.10 Å². The molecule has 0 radical (unpaired) electrons. The smallest absolute Gasteiger partial charge is 0.0827 e. The van der Waals surface area contributed by atoms with Crippen LogP contribution in [-0.2, 0) is 12.8 Å². The maximum absolute atomic E-state index is 10.8. The Labute approximate surface area is 121 Å². The van der Waals surface area contributed by atoms with Gasteiger partial charge in [-0.2, -0.15) is 0 Å². The van der Waals surface area contributed by atoms with Crippen molar-refractivity contribution in [1.82, 2.24) is 0 Å². The van der Waals surface area contributed by atoms with E-state index in [1.54, 1.807) is 0 Å². The van der Waals surface area contributed by atoms with Crippen molar-refractivity contribution in [2.24, 2.45) is 5.92 Å². The molecule has 0 fully saturated rings. The number of fused-ring (bicyclic) bond motifs is 1. The molecule has 0 aliphatic heterocycles. The first-order valence-corrected chi connectivity index (χ1v) is 7.39.